The van der Waals surface area contributed by atoms with Gasteiger partial charge < -0.3 is 19.1 Å². The smallest absolute Gasteiger partial charge is 0.339 e. The lowest BCUT2D eigenvalue weighted by atomic mass is 9.95. The number of hydrogen-bond acceptors (Lipinski definition) is 7. The summed E-state index contributed by atoms with van der Waals surface area (Å²) in [5, 5.41) is 0. The van der Waals surface area contributed by atoms with Crippen molar-refractivity contribution in [1.82, 2.24) is 9.80 Å². The third-order valence-electron chi connectivity index (χ3n) is 9.39. The molecular formula is C39H72N2O4S. The lowest BCUT2D eigenvalue weighted by molar-refractivity contribution is 0.0197. The van der Waals surface area contributed by atoms with E-state index in [1.807, 2.05) is 14.1 Å². The Kier molecular flexibility index (Phi) is 24.1. The van der Waals surface area contributed by atoms with Gasteiger partial charge in [0.2, 0.25) is 0 Å². The number of carbonyl (C=O) groups is 1. The number of nitrogens with zero attached hydrogens (tertiary/aromatic N) is 2. The van der Waals surface area contributed by atoms with E-state index in [9.17, 15) is 4.79 Å². The molecule has 0 saturated carbocycles. The quantitative estimate of drug-likeness (QED) is 0.0603. The highest BCUT2D eigenvalue weighted by Crippen LogP contribution is 2.33. The fraction of sp³-hybridized carbons (Fsp3) is 0.872. The SMILES string of the molecule is CCCCCCCCC(CCCCCCCC)COCCCCCCOCN1CCc2c(sc(C)c2C(=O)OCCCN(C)C)C1. The van der Waals surface area contributed by atoms with E-state index in [2.05, 4.69) is 30.6 Å². The Balaban J connectivity index is 1.54. The third kappa shape index (κ3) is 18.5. The van der Waals surface area contributed by atoms with Gasteiger partial charge in [-0.3, -0.25) is 4.90 Å². The van der Waals surface area contributed by atoms with E-state index < -0.39 is 0 Å². The van der Waals surface area contributed by atoms with Crippen LogP contribution < -0.4 is 0 Å². The van der Waals surface area contributed by atoms with E-state index in [4.69, 9.17) is 14.2 Å². The Morgan fingerprint density at radius 2 is 1.37 bits per heavy atom. The first-order chi connectivity index (χ1) is 22.5. The molecule has 2 heterocycles. The second-order valence-electron chi connectivity index (χ2n) is 14.0. The standard InChI is InChI=1S/C39H72N2O4S/c1-6-8-10-12-14-18-23-35(24-19-15-13-11-9-7-2)32-43-28-20-16-17-21-29-44-33-41-27-25-36-37(31-41)46-34(3)38(36)39(42)45-30-22-26-40(4)5/h35H,6-33H2,1-5H3. The summed E-state index contributed by atoms with van der Waals surface area (Å²) in [6, 6.07) is 0. The molecule has 0 spiro atoms. The lowest BCUT2D eigenvalue weighted by Gasteiger charge is -2.26. The van der Waals surface area contributed by atoms with Crippen molar-refractivity contribution in [1.29, 1.82) is 0 Å². The maximum atomic E-state index is 12.8. The van der Waals surface area contributed by atoms with Crippen LogP contribution in [-0.2, 0) is 27.2 Å². The Bertz CT molecular complexity index is 874. The maximum absolute atomic E-state index is 12.8. The highest BCUT2D eigenvalue weighted by molar-refractivity contribution is 7.12. The Morgan fingerprint density at radius 1 is 0.783 bits per heavy atom. The molecule has 268 valence electrons. The van der Waals surface area contributed by atoms with Crippen molar-refractivity contribution < 1.29 is 19.0 Å². The molecule has 7 heteroatoms. The number of rotatable bonds is 30. The van der Waals surface area contributed by atoms with Gasteiger partial charge in [0.05, 0.1) is 18.9 Å². The van der Waals surface area contributed by atoms with Crippen molar-refractivity contribution >= 4 is 17.3 Å². The van der Waals surface area contributed by atoms with Gasteiger partial charge in [0.1, 0.15) is 0 Å². The fourth-order valence-corrected chi connectivity index (χ4v) is 7.78. The van der Waals surface area contributed by atoms with E-state index in [1.165, 1.54) is 113 Å². The molecule has 0 aliphatic carbocycles. The molecule has 1 aliphatic rings. The van der Waals surface area contributed by atoms with E-state index in [0.29, 0.717) is 13.3 Å². The first-order valence-corrected chi connectivity index (χ1v) is 20.1. The van der Waals surface area contributed by atoms with E-state index >= 15 is 0 Å². The number of ether oxygens (including phenoxy) is 3. The van der Waals surface area contributed by atoms with Crippen LogP contribution in [0.3, 0.4) is 0 Å². The molecule has 0 saturated heterocycles. The minimum atomic E-state index is -0.148. The van der Waals surface area contributed by atoms with Crippen LogP contribution in [0.4, 0.5) is 0 Å². The number of unbranched alkanes of at least 4 members (excludes halogenated alkanes) is 13. The average molecular weight is 665 g/mol. The van der Waals surface area contributed by atoms with Gasteiger partial charge in [0.15, 0.2) is 0 Å². The van der Waals surface area contributed by atoms with E-state index in [0.717, 1.165) is 81.5 Å². The highest BCUT2D eigenvalue weighted by Gasteiger charge is 2.27. The lowest BCUT2D eigenvalue weighted by Crippen LogP contribution is -2.32. The molecule has 0 aromatic carbocycles. The largest absolute Gasteiger partial charge is 0.462 e. The summed E-state index contributed by atoms with van der Waals surface area (Å²) in [5.41, 5.74) is 2.02. The van der Waals surface area contributed by atoms with Crippen LogP contribution in [0.15, 0.2) is 0 Å². The van der Waals surface area contributed by atoms with E-state index in [1.54, 1.807) is 11.3 Å². The van der Waals surface area contributed by atoms with Crippen LogP contribution in [0.2, 0.25) is 0 Å². The van der Waals surface area contributed by atoms with Gasteiger partial charge in [-0.2, -0.15) is 0 Å². The topological polar surface area (TPSA) is 51.2 Å². The molecule has 6 nitrogen and oxygen atoms in total. The molecule has 0 amide bonds. The minimum Gasteiger partial charge on any atom is -0.462 e. The van der Waals surface area contributed by atoms with Crippen molar-refractivity contribution in [3.63, 3.8) is 0 Å². The molecule has 1 aliphatic heterocycles. The average Bonchev–Trinajstić information content (AvgIpc) is 3.37. The first kappa shape index (κ1) is 41.2. The van der Waals surface area contributed by atoms with Gasteiger partial charge in [-0.05, 0) is 71.0 Å². The molecule has 1 aromatic heterocycles. The normalized spacial score (nSPS) is 13.6. The number of esters is 1. The van der Waals surface area contributed by atoms with Crippen LogP contribution >= 0.6 is 11.3 Å². The van der Waals surface area contributed by atoms with Crippen molar-refractivity contribution in [3.8, 4) is 0 Å². The van der Waals surface area contributed by atoms with Crippen LogP contribution in [0.1, 0.15) is 162 Å². The molecule has 0 bridgehead atoms. The number of aryl methyl sites for hydroxylation is 1. The summed E-state index contributed by atoms with van der Waals surface area (Å²) in [6.07, 6.45) is 25.8. The Labute approximate surface area is 288 Å². The molecule has 0 fully saturated rings. The molecule has 46 heavy (non-hydrogen) atoms. The predicted molar refractivity (Wildman–Crippen MR) is 196 cm³/mol. The number of fused-ring (bicyclic) bond motifs is 1. The summed E-state index contributed by atoms with van der Waals surface area (Å²) >= 11 is 1.75. The fourth-order valence-electron chi connectivity index (χ4n) is 6.53. The van der Waals surface area contributed by atoms with Gasteiger partial charge in [-0.1, -0.05) is 104 Å². The zero-order valence-corrected chi connectivity index (χ0v) is 31.6. The molecule has 0 N–H and O–H groups in total. The molecular weight excluding hydrogens is 593 g/mol. The molecule has 0 radical (unpaired) electrons. The zero-order valence-electron chi connectivity index (χ0n) is 30.8. The summed E-state index contributed by atoms with van der Waals surface area (Å²) < 4.78 is 17.9. The number of thiophene rings is 1. The number of hydrogen-bond donors (Lipinski definition) is 0. The van der Waals surface area contributed by atoms with Crippen molar-refractivity contribution in [2.24, 2.45) is 5.92 Å². The van der Waals surface area contributed by atoms with Crippen LogP contribution in [0.5, 0.6) is 0 Å². The van der Waals surface area contributed by atoms with Gasteiger partial charge in [0.25, 0.3) is 0 Å². The Morgan fingerprint density at radius 3 is 2.00 bits per heavy atom. The third-order valence-corrected chi connectivity index (χ3v) is 10.5. The van der Waals surface area contributed by atoms with Gasteiger partial charge in [-0.15, -0.1) is 11.3 Å². The Hall–Kier alpha value is -0.990. The summed E-state index contributed by atoms with van der Waals surface area (Å²) in [4.78, 5) is 19.6. The highest BCUT2D eigenvalue weighted by atomic mass is 32.1. The van der Waals surface area contributed by atoms with Crippen LogP contribution in [0, 0.1) is 12.8 Å². The van der Waals surface area contributed by atoms with E-state index in [-0.39, 0.29) is 5.97 Å². The van der Waals surface area contributed by atoms with Crippen LogP contribution in [-0.4, -0.2) is 76.1 Å². The van der Waals surface area contributed by atoms with Crippen molar-refractivity contribution in [3.05, 3.63) is 20.9 Å². The monoisotopic (exact) mass is 665 g/mol. The minimum absolute atomic E-state index is 0.148. The van der Waals surface area contributed by atoms with Gasteiger partial charge >= 0.3 is 5.97 Å². The van der Waals surface area contributed by atoms with Crippen LogP contribution in [0.25, 0.3) is 0 Å². The van der Waals surface area contributed by atoms with Crippen molar-refractivity contribution in [2.45, 2.75) is 156 Å². The van der Waals surface area contributed by atoms with Gasteiger partial charge in [0, 0.05) is 49.2 Å². The zero-order chi connectivity index (χ0) is 33.2. The predicted octanol–water partition coefficient (Wildman–Crippen LogP) is 10.2. The maximum Gasteiger partial charge on any atom is 0.339 e. The summed E-state index contributed by atoms with van der Waals surface area (Å²) in [7, 11) is 4.08. The van der Waals surface area contributed by atoms with Crippen molar-refractivity contribution in [2.75, 3.05) is 60.3 Å². The second-order valence-corrected chi connectivity index (χ2v) is 15.3. The number of carbonyl (C=O) groups excluding carboxylic acids is 1. The first-order valence-electron chi connectivity index (χ1n) is 19.3. The molecule has 1 aromatic rings. The summed E-state index contributed by atoms with van der Waals surface area (Å²) in [5.74, 6) is 0.609. The summed E-state index contributed by atoms with van der Waals surface area (Å²) in [6.45, 7) is 13.2. The molecule has 0 unspecified atom stereocenters. The molecule has 0 atom stereocenters. The molecule has 2 rings (SSSR count). The van der Waals surface area contributed by atoms with Gasteiger partial charge in [-0.25, -0.2) is 4.79 Å². The second kappa shape index (κ2) is 26.9.